The van der Waals surface area contributed by atoms with E-state index in [1.165, 1.54) is 16.2 Å². The Bertz CT molecular complexity index is 864. The number of hydrogen-bond donors (Lipinski definition) is 1. The second kappa shape index (κ2) is 6.18. The SMILES string of the molecule is O=C(Nc1nc2c(s1)CN(C(=O)c1ccc(F)cc1F)CC2)C1CC1. The van der Waals surface area contributed by atoms with Gasteiger partial charge < -0.3 is 10.2 Å². The van der Waals surface area contributed by atoms with Gasteiger partial charge in [0.15, 0.2) is 5.13 Å². The molecule has 8 heteroatoms. The van der Waals surface area contributed by atoms with Crippen LogP contribution in [0.5, 0.6) is 0 Å². The standard InChI is InChI=1S/C17H15F2N3O2S/c18-10-3-4-11(12(19)7-10)16(24)22-6-5-13-14(8-22)25-17(20-13)21-15(23)9-1-2-9/h3-4,7,9H,1-2,5-6,8H2,(H,20,21,23). The summed E-state index contributed by atoms with van der Waals surface area (Å²) >= 11 is 1.34. The summed E-state index contributed by atoms with van der Waals surface area (Å²) < 4.78 is 26.8. The highest BCUT2D eigenvalue weighted by molar-refractivity contribution is 7.15. The van der Waals surface area contributed by atoms with Crippen LogP contribution in [0.15, 0.2) is 18.2 Å². The molecule has 130 valence electrons. The van der Waals surface area contributed by atoms with Crippen LogP contribution >= 0.6 is 11.3 Å². The minimum absolute atomic E-state index is 0.00703. The maximum absolute atomic E-state index is 13.8. The van der Waals surface area contributed by atoms with Crippen molar-refractivity contribution >= 4 is 28.3 Å². The average molecular weight is 363 g/mol. The molecule has 0 radical (unpaired) electrons. The van der Waals surface area contributed by atoms with Crippen LogP contribution in [0.2, 0.25) is 0 Å². The van der Waals surface area contributed by atoms with Gasteiger partial charge in [-0.2, -0.15) is 0 Å². The van der Waals surface area contributed by atoms with Gasteiger partial charge in [-0.05, 0) is 25.0 Å². The van der Waals surface area contributed by atoms with Crippen molar-refractivity contribution < 1.29 is 18.4 Å². The van der Waals surface area contributed by atoms with E-state index in [0.717, 1.165) is 35.5 Å². The van der Waals surface area contributed by atoms with Gasteiger partial charge in [-0.15, -0.1) is 0 Å². The molecule has 0 atom stereocenters. The van der Waals surface area contributed by atoms with E-state index in [9.17, 15) is 18.4 Å². The van der Waals surface area contributed by atoms with Gasteiger partial charge in [0.1, 0.15) is 11.6 Å². The highest BCUT2D eigenvalue weighted by Gasteiger charge is 2.31. The predicted molar refractivity (Wildman–Crippen MR) is 88.3 cm³/mol. The number of anilines is 1. The number of nitrogens with one attached hydrogen (secondary N) is 1. The minimum atomic E-state index is -0.863. The Labute approximate surface area is 146 Å². The number of hydrogen-bond acceptors (Lipinski definition) is 4. The van der Waals surface area contributed by atoms with E-state index in [1.54, 1.807) is 0 Å². The number of benzene rings is 1. The summed E-state index contributed by atoms with van der Waals surface area (Å²) in [5, 5.41) is 3.36. The third kappa shape index (κ3) is 3.26. The zero-order chi connectivity index (χ0) is 17.6. The molecular weight excluding hydrogens is 348 g/mol. The first kappa shape index (κ1) is 16.1. The van der Waals surface area contributed by atoms with E-state index in [2.05, 4.69) is 10.3 Å². The molecule has 0 spiro atoms. The van der Waals surface area contributed by atoms with Crippen LogP contribution in [-0.2, 0) is 17.8 Å². The molecule has 1 fully saturated rings. The third-order valence-electron chi connectivity index (χ3n) is 4.36. The number of halogens is 2. The summed E-state index contributed by atoms with van der Waals surface area (Å²) in [4.78, 5) is 31.2. The van der Waals surface area contributed by atoms with E-state index in [4.69, 9.17) is 0 Å². The van der Waals surface area contributed by atoms with Gasteiger partial charge in [0.25, 0.3) is 5.91 Å². The molecule has 0 unspecified atom stereocenters. The van der Waals surface area contributed by atoms with Gasteiger partial charge in [0, 0.05) is 29.8 Å². The number of aromatic nitrogens is 1. The number of carbonyl (C=O) groups excluding carboxylic acids is 2. The molecule has 2 aromatic rings. The van der Waals surface area contributed by atoms with Gasteiger partial charge in [-0.1, -0.05) is 11.3 Å². The minimum Gasteiger partial charge on any atom is -0.333 e. The Kier molecular flexibility index (Phi) is 3.99. The van der Waals surface area contributed by atoms with Crippen molar-refractivity contribution in [2.45, 2.75) is 25.8 Å². The van der Waals surface area contributed by atoms with E-state index in [0.29, 0.717) is 30.7 Å². The molecule has 0 bridgehead atoms. The molecule has 2 amide bonds. The maximum atomic E-state index is 13.8. The molecule has 1 aliphatic carbocycles. The number of nitrogens with zero attached hydrogens (tertiary/aromatic N) is 2. The lowest BCUT2D eigenvalue weighted by Crippen LogP contribution is -2.36. The number of carbonyl (C=O) groups is 2. The summed E-state index contributed by atoms with van der Waals surface area (Å²) in [5.74, 6) is -1.96. The van der Waals surface area contributed by atoms with Crippen molar-refractivity contribution in [3.63, 3.8) is 0 Å². The van der Waals surface area contributed by atoms with E-state index in [-0.39, 0.29) is 17.4 Å². The molecule has 1 saturated carbocycles. The lowest BCUT2D eigenvalue weighted by Gasteiger charge is -2.26. The first-order chi connectivity index (χ1) is 12.0. The Morgan fingerprint density at radius 3 is 2.80 bits per heavy atom. The second-order valence-corrected chi connectivity index (χ2v) is 7.34. The molecule has 1 aliphatic heterocycles. The van der Waals surface area contributed by atoms with Gasteiger partial charge in [0.2, 0.25) is 5.91 Å². The summed E-state index contributed by atoms with van der Waals surface area (Å²) in [6, 6.07) is 2.95. The van der Waals surface area contributed by atoms with Crippen molar-refractivity contribution in [1.82, 2.24) is 9.88 Å². The van der Waals surface area contributed by atoms with Gasteiger partial charge >= 0.3 is 0 Å². The zero-order valence-electron chi connectivity index (χ0n) is 13.2. The van der Waals surface area contributed by atoms with Gasteiger partial charge in [0.05, 0.1) is 17.8 Å². The third-order valence-corrected chi connectivity index (χ3v) is 5.36. The molecule has 1 aromatic carbocycles. The first-order valence-electron chi connectivity index (χ1n) is 8.05. The van der Waals surface area contributed by atoms with Crippen molar-refractivity contribution in [3.05, 3.63) is 46.0 Å². The highest BCUT2D eigenvalue weighted by atomic mass is 32.1. The largest absolute Gasteiger partial charge is 0.333 e. The summed E-state index contributed by atoms with van der Waals surface area (Å²) in [6.07, 6.45) is 2.38. The van der Waals surface area contributed by atoms with Gasteiger partial charge in [-0.25, -0.2) is 13.8 Å². The fourth-order valence-electron chi connectivity index (χ4n) is 2.81. The van der Waals surface area contributed by atoms with Crippen molar-refractivity contribution in [2.75, 3.05) is 11.9 Å². The smallest absolute Gasteiger partial charge is 0.257 e. The maximum Gasteiger partial charge on any atom is 0.257 e. The van der Waals surface area contributed by atoms with E-state index in [1.807, 2.05) is 0 Å². The average Bonchev–Trinajstić information content (AvgIpc) is 3.34. The number of thiazole rings is 1. The summed E-state index contributed by atoms with van der Waals surface area (Å²) in [7, 11) is 0. The Morgan fingerprint density at radius 1 is 1.28 bits per heavy atom. The van der Waals surface area contributed by atoms with Crippen molar-refractivity contribution in [1.29, 1.82) is 0 Å². The molecule has 2 heterocycles. The first-order valence-corrected chi connectivity index (χ1v) is 8.86. The molecule has 5 nitrogen and oxygen atoms in total. The molecule has 0 saturated heterocycles. The normalized spacial score (nSPS) is 16.5. The molecule has 1 N–H and O–H groups in total. The van der Waals surface area contributed by atoms with Crippen LogP contribution < -0.4 is 5.32 Å². The van der Waals surface area contributed by atoms with Crippen LogP contribution in [0, 0.1) is 17.6 Å². The lowest BCUT2D eigenvalue weighted by atomic mass is 10.1. The van der Waals surface area contributed by atoms with Crippen LogP contribution in [0.25, 0.3) is 0 Å². The fourth-order valence-corrected chi connectivity index (χ4v) is 3.84. The highest BCUT2D eigenvalue weighted by Crippen LogP contribution is 2.33. The summed E-state index contributed by atoms with van der Waals surface area (Å²) in [5.41, 5.74) is 0.719. The molecule has 2 aliphatic rings. The quantitative estimate of drug-likeness (QED) is 0.912. The Morgan fingerprint density at radius 2 is 2.08 bits per heavy atom. The van der Waals surface area contributed by atoms with Crippen molar-refractivity contribution in [2.24, 2.45) is 5.92 Å². The van der Waals surface area contributed by atoms with Crippen molar-refractivity contribution in [3.8, 4) is 0 Å². The van der Waals surface area contributed by atoms with E-state index >= 15 is 0 Å². The number of rotatable bonds is 3. The number of fused-ring (bicyclic) bond motifs is 1. The molecule has 25 heavy (non-hydrogen) atoms. The Balaban J connectivity index is 1.49. The van der Waals surface area contributed by atoms with Crippen LogP contribution in [0.4, 0.5) is 13.9 Å². The van der Waals surface area contributed by atoms with Gasteiger partial charge in [-0.3, -0.25) is 9.59 Å². The fraction of sp³-hybridized carbons (Fsp3) is 0.353. The summed E-state index contributed by atoms with van der Waals surface area (Å²) in [6.45, 7) is 0.713. The Hall–Kier alpha value is -2.35. The van der Waals surface area contributed by atoms with Crippen LogP contribution in [0.3, 0.4) is 0 Å². The zero-order valence-corrected chi connectivity index (χ0v) is 14.0. The van der Waals surface area contributed by atoms with Crippen LogP contribution in [-0.4, -0.2) is 28.2 Å². The second-order valence-electron chi connectivity index (χ2n) is 6.25. The molecule has 1 aromatic heterocycles. The van der Waals surface area contributed by atoms with Crippen LogP contribution in [0.1, 0.15) is 33.8 Å². The monoisotopic (exact) mass is 363 g/mol. The van der Waals surface area contributed by atoms with E-state index < -0.39 is 17.5 Å². The molecule has 4 rings (SSSR count). The lowest BCUT2D eigenvalue weighted by molar-refractivity contribution is -0.117. The number of amides is 2. The molecular formula is C17H15F2N3O2S. The topological polar surface area (TPSA) is 62.3 Å². The predicted octanol–water partition coefficient (Wildman–Crippen LogP) is 2.97.